The van der Waals surface area contributed by atoms with Crippen LogP contribution in [-0.2, 0) is 6.54 Å². The minimum atomic E-state index is -0.103. The fourth-order valence-corrected chi connectivity index (χ4v) is 2.95. The van der Waals surface area contributed by atoms with E-state index in [0.717, 1.165) is 34.0 Å². The van der Waals surface area contributed by atoms with Crippen molar-refractivity contribution in [3.8, 4) is 11.5 Å². The molecule has 27 heavy (non-hydrogen) atoms. The molecule has 0 saturated carbocycles. The highest BCUT2D eigenvalue weighted by atomic mass is 16.7. The summed E-state index contributed by atoms with van der Waals surface area (Å²) in [7, 11) is 0. The van der Waals surface area contributed by atoms with E-state index in [1.165, 1.54) is 0 Å². The van der Waals surface area contributed by atoms with E-state index in [2.05, 4.69) is 10.6 Å². The van der Waals surface area contributed by atoms with Gasteiger partial charge in [0.25, 0.3) is 5.91 Å². The fraction of sp³-hybridized carbons (Fsp3) is 0.136. The summed E-state index contributed by atoms with van der Waals surface area (Å²) >= 11 is 0. The van der Waals surface area contributed by atoms with Crippen LogP contribution in [0.5, 0.6) is 11.5 Å². The number of benzene rings is 3. The van der Waals surface area contributed by atoms with Crippen LogP contribution < -0.4 is 20.1 Å². The minimum Gasteiger partial charge on any atom is -0.454 e. The second kappa shape index (κ2) is 7.41. The predicted molar refractivity (Wildman–Crippen MR) is 105 cm³/mol. The predicted octanol–water partition coefficient (Wildman–Crippen LogP) is 4.59. The van der Waals surface area contributed by atoms with Crippen molar-refractivity contribution in [2.24, 2.45) is 0 Å². The smallest absolute Gasteiger partial charge is 0.255 e. The molecular weight excluding hydrogens is 340 g/mol. The number of ether oxygens (including phenoxy) is 2. The second-order valence-electron chi connectivity index (χ2n) is 6.39. The van der Waals surface area contributed by atoms with Crippen molar-refractivity contribution in [3.63, 3.8) is 0 Å². The van der Waals surface area contributed by atoms with E-state index in [4.69, 9.17) is 9.47 Å². The van der Waals surface area contributed by atoms with Gasteiger partial charge in [0, 0.05) is 23.5 Å². The Morgan fingerprint density at radius 1 is 0.926 bits per heavy atom. The zero-order valence-corrected chi connectivity index (χ0v) is 15.0. The van der Waals surface area contributed by atoms with Gasteiger partial charge in [-0.1, -0.05) is 24.3 Å². The van der Waals surface area contributed by atoms with Crippen LogP contribution in [0.15, 0.2) is 66.7 Å². The van der Waals surface area contributed by atoms with Crippen molar-refractivity contribution in [3.05, 3.63) is 83.4 Å². The first-order chi connectivity index (χ1) is 13.2. The Labute approximate surface area is 157 Å². The van der Waals surface area contributed by atoms with E-state index in [-0.39, 0.29) is 12.7 Å². The van der Waals surface area contributed by atoms with Gasteiger partial charge >= 0.3 is 0 Å². The van der Waals surface area contributed by atoms with E-state index < -0.39 is 0 Å². The molecule has 0 radical (unpaired) electrons. The highest BCUT2D eigenvalue weighted by Gasteiger charge is 2.13. The van der Waals surface area contributed by atoms with Gasteiger partial charge in [0.05, 0.1) is 0 Å². The van der Waals surface area contributed by atoms with Gasteiger partial charge in [-0.2, -0.15) is 0 Å². The number of carbonyl (C=O) groups excluding carboxylic acids is 1. The average Bonchev–Trinajstić information content (AvgIpc) is 3.15. The zero-order valence-electron chi connectivity index (χ0n) is 15.0. The number of rotatable bonds is 5. The Hall–Kier alpha value is -3.47. The summed E-state index contributed by atoms with van der Waals surface area (Å²) in [5, 5.41) is 6.30. The van der Waals surface area contributed by atoms with Crippen LogP contribution in [0.3, 0.4) is 0 Å². The maximum atomic E-state index is 12.4. The summed E-state index contributed by atoms with van der Waals surface area (Å²) in [5.41, 5.74) is 4.48. The number of amides is 1. The molecule has 2 N–H and O–H groups in total. The van der Waals surface area contributed by atoms with Crippen LogP contribution in [0.1, 0.15) is 21.5 Å². The molecule has 3 aromatic rings. The van der Waals surface area contributed by atoms with Crippen molar-refractivity contribution in [1.82, 2.24) is 0 Å². The van der Waals surface area contributed by atoms with Crippen molar-refractivity contribution < 1.29 is 14.3 Å². The van der Waals surface area contributed by atoms with Crippen LogP contribution in [0.4, 0.5) is 11.4 Å². The number of hydrogen-bond donors (Lipinski definition) is 2. The lowest BCUT2D eigenvalue weighted by atomic mass is 10.1. The second-order valence-corrected chi connectivity index (χ2v) is 6.39. The molecule has 1 aliphatic heterocycles. The van der Waals surface area contributed by atoms with E-state index in [1.54, 1.807) is 0 Å². The molecule has 5 heteroatoms. The lowest BCUT2D eigenvalue weighted by Gasteiger charge is -2.10. The molecule has 4 rings (SSSR count). The molecule has 1 amide bonds. The largest absolute Gasteiger partial charge is 0.454 e. The van der Waals surface area contributed by atoms with Crippen LogP contribution >= 0.6 is 0 Å². The van der Waals surface area contributed by atoms with Gasteiger partial charge in [0.1, 0.15) is 0 Å². The first-order valence-corrected chi connectivity index (χ1v) is 8.78. The standard InChI is InChI=1S/C22H20N2O3/c1-15-4-2-3-5-19(15)22(25)24-18-9-7-17(8-10-18)23-13-16-6-11-20-21(12-16)27-14-26-20/h2-12,23H,13-14H2,1H3,(H,24,25). The molecule has 0 aliphatic carbocycles. The van der Waals surface area contributed by atoms with Crippen molar-refractivity contribution >= 4 is 17.3 Å². The van der Waals surface area contributed by atoms with Gasteiger partial charge in [-0.25, -0.2) is 0 Å². The summed E-state index contributed by atoms with van der Waals surface area (Å²) < 4.78 is 10.7. The highest BCUT2D eigenvalue weighted by Crippen LogP contribution is 2.32. The van der Waals surface area contributed by atoms with E-state index >= 15 is 0 Å². The summed E-state index contributed by atoms with van der Waals surface area (Å²) in [6.45, 7) is 2.88. The van der Waals surface area contributed by atoms with Gasteiger partial charge in [0.15, 0.2) is 11.5 Å². The van der Waals surface area contributed by atoms with E-state index in [0.29, 0.717) is 12.1 Å². The number of carbonyl (C=O) groups is 1. The molecule has 3 aromatic carbocycles. The highest BCUT2D eigenvalue weighted by molar-refractivity contribution is 6.05. The molecule has 1 aliphatic rings. The summed E-state index contributed by atoms with van der Waals surface area (Å²) in [4.78, 5) is 12.4. The number of fused-ring (bicyclic) bond motifs is 1. The lowest BCUT2D eigenvalue weighted by Crippen LogP contribution is -2.13. The molecule has 0 spiro atoms. The van der Waals surface area contributed by atoms with Gasteiger partial charge in [-0.15, -0.1) is 0 Å². The van der Waals surface area contributed by atoms with E-state index in [9.17, 15) is 4.79 Å². The first kappa shape index (κ1) is 17.0. The quantitative estimate of drug-likeness (QED) is 0.699. The SMILES string of the molecule is Cc1ccccc1C(=O)Nc1ccc(NCc2ccc3c(c2)OCO3)cc1. The van der Waals surface area contributed by atoms with Gasteiger partial charge in [-0.05, 0) is 60.5 Å². The third-order valence-corrected chi connectivity index (χ3v) is 4.47. The number of nitrogens with one attached hydrogen (secondary N) is 2. The fourth-order valence-electron chi connectivity index (χ4n) is 2.95. The molecule has 0 saturated heterocycles. The molecule has 5 nitrogen and oxygen atoms in total. The van der Waals surface area contributed by atoms with Crippen LogP contribution in [0.25, 0.3) is 0 Å². The molecule has 0 unspecified atom stereocenters. The van der Waals surface area contributed by atoms with Crippen molar-refractivity contribution in [2.45, 2.75) is 13.5 Å². The Balaban J connectivity index is 1.36. The molecule has 0 aromatic heterocycles. The normalized spacial score (nSPS) is 11.9. The van der Waals surface area contributed by atoms with E-state index in [1.807, 2.05) is 73.7 Å². The first-order valence-electron chi connectivity index (χ1n) is 8.78. The maximum absolute atomic E-state index is 12.4. The Kier molecular flexibility index (Phi) is 4.66. The maximum Gasteiger partial charge on any atom is 0.255 e. The third kappa shape index (κ3) is 3.87. The molecule has 0 bridgehead atoms. The van der Waals surface area contributed by atoms with Gasteiger partial charge < -0.3 is 20.1 Å². The average molecular weight is 360 g/mol. The molecule has 0 fully saturated rings. The summed E-state index contributed by atoms with van der Waals surface area (Å²) in [6, 6.07) is 21.1. The molecular formula is C22H20N2O3. The molecule has 1 heterocycles. The number of aryl methyl sites for hydroxylation is 1. The topological polar surface area (TPSA) is 59.6 Å². The summed E-state index contributed by atoms with van der Waals surface area (Å²) in [6.07, 6.45) is 0. The van der Waals surface area contributed by atoms with Crippen LogP contribution in [-0.4, -0.2) is 12.7 Å². The zero-order chi connectivity index (χ0) is 18.6. The Morgan fingerprint density at radius 3 is 2.48 bits per heavy atom. The number of anilines is 2. The monoisotopic (exact) mass is 360 g/mol. The van der Waals surface area contributed by atoms with Gasteiger partial charge in [0.2, 0.25) is 6.79 Å². The van der Waals surface area contributed by atoms with Crippen LogP contribution in [0.2, 0.25) is 0 Å². The minimum absolute atomic E-state index is 0.103. The summed E-state index contributed by atoms with van der Waals surface area (Å²) in [5.74, 6) is 1.46. The van der Waals surface area contributed by atoms with Gasteiger partial charge in [-0.3, -0.25) is 4.79 Å². The lowest BCUT2D eigenvalue weighted by molar-refractivity contribution is 0.102. The number of hydrogen-bond acceptors (Lipinski definition) is 4. The third-order valence-electron chi connectivity index (χ3n) is 4.47. The van der Waals surface area contributed by atoms with Crippen molar-refractivity contribution in [1.29, 1.82) is 0 Å². The molecule has 136 valence electrons. The van der Waals surface area contributed by atoms with Crippen LogP contribution in [0, 0.1) is 6.92 Å². The molecule has 0 atom stereocenters. The van der Waals surface area contributed by atoms with Crippen molar-refractivity contribution in [2.75, 3.05) is 17.4 Å². The Bertz CT molecular complexity index is 968. The Morgan fingerprint density at radius 2 is 1.67 bits per heavy atom.